The van der Waals surface area contributed by atoms with E-state index in [1.807, 2.05) is 42.5 Å². The van der Waals surface area contributed by atoms with Crippen LogP contribution in [0, 0.1) is 0 Å². The molecule has 0 saturated carbocycles. The van der Waals surface area contributed by atoms with Crippen molar-refractivity contribution in [1.29, 1.82) is 0 Å². The molecule has 4 nitrogen and oxygen atoms in total. The molecule has 0 heterocycles. The van der Waals surface area contributed by atoms with Gasteiger partial charge in [-0.1, -0.05) is 48.5 Å². The molecule has 0 radical (unpaired) electrons. The lowest BCUT2D eigenvalue weighted by Crippen LogP contribution is -2.42. The number of aliphatic hydroxyl groups excluding tert-OH is 1. The molecule has 2 N–H and O–H groups in total. The van der Waals surface area contributed by atoms with Crippen LogP contribution in [-0.2, 0) is 0 Å². The second-order valence-electron chi connectivity index (χ2n) is 7.23. The first-order valence-corrected chi connectivity index (χ1v) is 8.77. The zero-order chi connectivity index (χ0) is 19.0. The average molecular weight is 353 g/mol. The van der Waals surface area contributed by atoms with E-state index in [0.717, 1.165) is 5.56 Å². The van der Waals surface area contributed by atoms with Gasteiger partial charge in [0.2, 0.25) is 0 Å². The van der Waals surface area contributed by atoms with Crippen molar-refractivity contribution in [3.63, 3.8) is 0 Å². The molecule has 26 heavy (non-hydrogen) atoms. The molecule has 2 aromatic carbocycles. The van der Waals surface area contributed by atoms with Gasteiger partial charge < -0.3 is 15.2 Å². The standard InChI is InChI=1S/C22H27NO3/c1-22(2,3)23-15-19(24)16-26-20-12-9-17(10-13-20)11-14-21(25)18-7-5-4-6-8-18/h4-14,19,23-24H,15-16H2,1-3H3/b14-11+. The van der Waals surface area contributed by atoms with Crippen molar-refractivity contribution in [1.82, 2.24) is 5.32 Å². The van der Waals surface area contributed by atoms with Gasteiger partial charge in [0, 0.05) is 17.6 Å². The third-order valence-electron chi connectivity index (χ3n) is 3.68. The minimum Gasteiger partial charge on any atom is -0.491 e. The molecule has 0 aliphatic rings. The third kappa shape index (κ3) is 7.21. The predicted molar refractivity (Wildman–Crippen MR) is 106 cm³/mol. The van der Waals surface area contributed by atoms with Crippen LogP contribution in [0.3, 0.4) is 0 Å². The number of ether oxygens (including phenoxy) is 1. The monoisotopic (exact) mass is 353 g/mol. The summed E-state index contributed by atoms with van der Waals surface area (Å²) in [6, 6.07) is 16.6. The highest BCUT2D eigenvalue weighted by Crippen LogP contribution is 2.14. The van der Waals surface area contributed by atoms with E-state index in [9.17, 15) is 9.90 Å². The molecule has 1 unspecified atom stereocenters. The molecule has 0 bridgehead atoms. The number of aliphatic hydroxyl groups is 1. The Morgan fingerprint density at radius 3 is 2.38 bits per heavy atom. The van der Waals surface area contributed by atoms with E-state index in [-0.39, 0.29) is 17.9 Å². The van der Waals surface area contributed by atoms with E-state index < -0.39 is 6.10 Å². The van der Waals surface area contributed by atoms with Gasteiger partial charge in [-0.15, -0.1) is 0 Å². The lowest BCUT2D eigenvalue weighted by molar-refractivity contribution is 0.100. The van der Waals surface area contributed by atoms with E-state index in [1.54, 1.807) is 24.3 Å². The smallest absolute Gasteiger partial charge is 0.185 e. The fourth-order valence-corrected chi connectivity index (χ4v) is 2.22. The summed E-state index contributed by atoms with van der Waals surface area (Å²) in [7, 11) is 0. The zero-order valence-electron chi connectivity index (χ0n) is 15.6. The van der Waals surface area contributed by atoms with Crippen LogP contribution in [0.15, 0.2) is 60.7 Å². The molecule has 0 aliphatic carbocycles. The molecule has 2 aromatic rings. The van der Waals surface area contributed by atoms with Crippen molar-refractivity contribution < 1.29 is 14.6 Å². The number of carbonyl (C=O) groups is 1. The van der Waals surface area contributed by atoms with Crippen molar-refractivity contribution in [2.24, 2.45) is 0 Å². The summed E-state index contributed by atoms with van der Waals surface area (Å²) in [4.78, 5) is 12.0. The summed E-state index contributed by atoms with van der Waals surface area (Å²) >= 11 is 0. The quantitative estimate of drug-likeness (QED) is 0.561. The molecule has 0 spiro atoms. The Balaban J connectivity index is 1.82. The maximum absolute atomic E-state index is 12.0. The van der Waals surface area contributed by atoms with Crippen molar-refractivity contribution in [2.75, 3.05) is 13.2 Å². The number of hydrogen-bond acceptors (Lipinski definition) is 4. The van der Waals surface area contributed by atoms with E-state index in [4.69, 9.17) is 4.74 Å². The van der Waals surface area contributed by atoms with Crippen LogP contribution in [0.2, 0.25) is 0 Å². The minimum atomic E-state index is -0.572. The second kappa shape index (κ2) is 9.32. The molecule has 2 rings (SSSR count). The number of rotatable bonds is 8. The van der Waals surface area contributed by atoms with Crippen LogP contribution in [-0.4, -0.2) is 35.7 Å². The Bertz CT molecular complexity index is 715. The summed E-state index contributed by atoms with van der Waals surface area (Å²) < 4.78 is 5.60. The summed E-state index contributed by atoms with van der Waals surface area (Å²) in [5.74, 6) is 0.659. The highest BCUT2D eigenvalue weighted by molar-refractivity contribution is 6.06. The number of allylic oxidation sites excluding steroid dienone is 1. The Morgan fingerprint density at radius 1 is 1.12 bits per heavy atom. The number of hydrogen-bond donors (Lipinski definition) is 2. The highest BCUT2D eigenvalue weighted by Gasteiger charge is 2.12. The summed E-state index contributed by atoms with van der Waals surface area (Å²) in [6.45, 7) is 6.86. The number of ketones is 1. The highest BCUT2D eigenvalue weighted by atomic mass is 16.5. The molecule has 0 fully saturated rings. The van der Waals surface area contributed by atoms with Crippen LogP contribution in [0.25, 0.3) is 6.08 Å². The summed E-state index contributed by atoms with van der Waals surface area (Å²) in [5, 5.41) is 13.2. The minimum absolute atomic E-state index is 0.0274. The second-order valence-corrected chi connectivity index (χ2v) is 7.23. The van der Waals surface area contributed by atoms with Crippen LogP contribution in [0.4, 0.5) is 0 Å². The Hall–Kier alpha value is -2.43. The van der Waals surface area contributed by atoms with Crippen molar-refractivity contribution >= 4 is 11.9 Å². The van der Waals surface area contributed by atoms with Crippen LogP contribution >= 0.6 is 0 Å². The van der Waals surface area contributed by atoms with Crippen molar-refractivity contribution in [2.45, 2.75) is 32.4 Å². The van der Waals surface area contributed by atoms with Crippen molar-refractivity contribution in [3.8, 4) is 5.75 Å². The lowest BCUT2D eigenvalue weighted by atomic mass is 10.1. The molecule has 0 aliphatic heterocycles. The molecule has 1 atom stereocenters. The topological polar surface area (TPSA) is 58.6 Å². The average Bonchev–Trinajstić information content (AvgIpc) is 2.63. The van der Waals surface area contributed by atoms with Gasteiger partial charge in [0.05, 0.1) is 0 Å². The van der Waals surface area contributed by atoms with Crippen LogP contribution in [0.1, 0.15) is 36.7 Å². The van der Waals surface area contributed by atoms with E-state index in [2.05, 4.69) is 26.1 Å². The SMILES string of the molecule is CC(C)(C)NCC(O)COc1ccc(/C=C/C(=O)c2ccccc2)cc1. The number of benzene rings is 2. The molecular weight excluding hydrogens is 326 g/mol. The molecule has 0 aromatic heterocycles. The molecule has 138 valence electrons. The van der Waals surface area contributed by atoms with Gasteiger partial charge in [-0.3, -0.25) is 4.79 Å². The normalized spacial score (nSPS) is 12.9. The maximum atomic E-state index is 12.0. The van der Waals surface area contributed by atoms with Crippen LogP contribution < -0.4 is 10.1 Å². The molecule has 4 heteroatoms. The molecule has 0 amide bonds. The summed E-state index contributed by atoms with van der Waals surface area (Å²) in [5.41, 5.74) is 1.55. The van der Waals surface area contributed by atoms with Gasteiger partial charge in [0.1, 0.15) is 18.5 Å². The summed E-state index contributed by atoms with van der Waals surface area (Å²) in [6.07, 6.45) is 2.77. The first kappa shape index (κ1) is 19.9. The Morgan fingerprint density at radius 2 is 1.77 bits per heavy atom. The number of carbonyl (C=O) groups excluding carboxylic acids is 1. The van der Waals surface area contributed by atoms with Crippen LogP contribution in [0.5, 0.6) is 5.75 Å². The maximum Gasteiger partial charge on any atom is 0.185 e. The van der Waals surface area contributed by atoms with E-state index in [0.29, 0.717) is 17.9 Å². The Labute approximate surface area is 155 Å². The fourth-order valence-electron chi connectivity index (χ4n) is 2.22. The van der Waals surface area contributed by atoms with Gasteiger partial charge in [0.25, 0.3) is 0 Å². The predicted octanol–water partition coefficient (Wildman–Crippen LogP) is 3.71. The van der Waals surface area contributed by atoms with Gasteiger partial charge in [-0.25, -0.2) is 0 Å². The fraction of sp³-hybridized carbons (Fsp3) is 0.318. The van der Waals surface area contributed by atoms with E-state index >= 15 is 0 Å². The lowest BCUT2D eigenvalue weighted by Gasteiger charge is -2.22. The van der Waals surface area contributed by atoms with E-state index in [1.165, 1.54) is 0 Å². The third-order valence-corrected chi connectivity index (χ3v) is 3.68. The van der Waals surface area contributed by atoms with Gasteiger partial charge in [-0.2, -0.15) is 0 Å². The molecular formula is C22H27NO3. The zero-order valence-corrected chi connectivity index (χ0v) is 15.6. The Kier molecular flexibility index (Phi) is 7.13. The van der Waals surface area contributed by atoms with Crippen molar-refractivity contribution in [3.05, 3.63) is 71.8 Å². The number of nitrogens with one attached hydrogen (secondary N) is 1. The first-order valence-electron chi connectivity index (χ1n) is 8.77. The number of β-amino-alcohol motifs (C(OH)–C–C–N with tert-alkyl or cyclic N) is 1. The van der Waals surface area contributed by atoms with Gasteiger partial charge in [0.15, 0.2) is 5.78 Å². The largest absolute Gasteiger partial charge is 0.491 e. The van der Waals surface area contributed by atoms with Gasteiger partial charge >= 0.3 is 0 Å². The first-order chi connectivity index (χ1) is 12.3. The van der Waals surface area contributed by atoms with Gasteiger partial charge in [-0.05, 0) is 44.5 Å². The molecule has 0 saturated heterocycles.